The molecule has 2 aromatic carbocycles. The number of H-pyrrole nitrogens is 1. The van der Waals surface area contributed by atoms with Crippen LogP contribution in [0.4, 0.5) is 0 Å². The van der Waals surface area contributed by atoms with Gasteiger partial charge in [0, 0.05) is 5.56 Å². The Labute approximate surface area is 111 Å². The van der Waals surface area contributed by atoms with Gasteiger partial charge < -0.3 is 4.98 Å². The maximum absolute atomic E-state index is 9.10. The Morgan fingerprint density at radius 1 is 1.16 bits per heavy atom. The Bertz CT molecular complexity index is 806. The fourth-order valence-electron chi connectivity index (χ4n) is 2.33. The highest BCUT2D eigenvalue weighted by Gasteiger charge is 2.10. The summed E-state index contributed by atoms with van der Waals surface area (Å²) >= 11 is 0. The molecule has 19 heavy (non-hydrogen) atoms. The monoisotopic (exact) mass is 247 g/mol. The van der Waals surface area contributed by atoms with Crippen LogP contribution in [0.1, 0.15) is 16.7 Å². The molecule has 0 unspecified atom stereocenters. The molecule has 0 spiro atoms. The van der Waals surface area contributed by atoms with Crippen LogP contribution in [0.5, 0.6) is 0 Å². The minimum atomic E-state index is 0.602. The molecule has 3 nitrogen and oxygen atoms in total. The van der Waals surface area contributed by atoms with Gasteiger partial charge in [0.25, 0.3) is 0 Å². The van der Waals surface area contributed by atoms with Crippen LogP contribution in [0.2, 0.25) is 0 Å². The van der Waals surface area contributed by atoms with Crippen LogP contribution >= 0.6 is 0 Å². The first-order valence-corrected chi connectivity index (χ1v) is 6.15. The van der Waals surface area contributed by atoms with E-state index < -0.39 is 0 Å². The van der Waals surface area contributed by atoms with Crippen molar-refractivity contribution in [2.45, 2.75) is 13.8 Å². The van der Waals surface area contributed by atoms with Crippen LogP contribution in [-0.2, 0) is 0 Å². The molecule has 0 fully saturated rings. The molecule has 0 aliphatic heterocycles. The molecule has 1 aromatic heterocycles. The molecule has 1 N–H and O–H groups in total. The zero-order valence-corrected chi connectivity index (χ0v) is 10.9. The minimum Gasteiger partial charge on any atom is -0.338 e. The van der Waals surface area contributed by atoms with Crippen LogP contribution in [0.15, 0.2) is 36.4 Å². The van der Waals surface area contributed by atoms with E-state index in [0.29, 0.717) is 5.56 Å². The summed E-state index contributed by atoms with van der Waals surface area (Å²) in [6.07, 6.45) is 0. The van der Waals surface area contributed by atoms with E-state index in [9.17, 15) is 0 Å². The summed E-state index contributed by atoms with van der Waals surface area (Å²) in [6, 6.07) is 14.0. The lowest BCUT2D eigenvalue weighted by Crippen LogP contribution is -1.86. The van der Waals surface area contributed by atoms with E-state index in [1.807, 2.05) is 12.1 Å². The second kappa shape index (κ2) is 4.25. The van der Waals surface area contributed by atoms with E-state index in [-0.39, 0.29) is 0 Å². The highest BCUT2D eigenvalue weighted by atomic mass is 14.9. The van der Waals surface area contributed by atoms with E-state index in [0.717, 1.165) is 22.4 Å². The van der Waals surface area contributed by atoms with E-state index in [1.165, 1.54) is 11.1 Å². The number of nitrogens with one attached hydrogen (secondary N) is 1. The molecule has 3 rings (SSSR count). The molecular weight excluding hydrogens is 234 g/mol. The predicted molar refractivity (Wildman–Crippen MR) is 75.7 cm³/mol. The Morgan fingerprint density at radius 2 is 2.00 bits per heavy atom. The van der Waals surface area contributed by atoms with E-state index in [1.54, 1.807) is 6.07 Å². The Morgan fingerprint density at radius 3 is 2.74 bits per heavy atom. The third-order valence-corrected chi connectivity index (χ3v) is 3.27. The lowest BCUT2D eigenvalue weighted by molar-refractivity contribution is 1.29. The van der Waals surface area contributed by atoms with E-state index >= 15 is 0 Å². The maximum atomic E-state index is 9.10. The first-order chi connectivity index (χ1) is 9.19. The highest BCUT2D eigenvalue weighted by molar-refractivity contribution is 5.84. The van der Waals surface area contributed by atoms with Gasteiger partial charge in [-0.05, 0) is 31.5 Å². The van der Waals surface area contributed by atoms with Crippen molar-refractivity contribution < 1.29 is 0 Å². The van der Waals surface area contributed by atoms with Gasteiger partial charge in [-0.15, -0.1) is 0 Å². The molecule has 0 aliphatic rings. The van der Waals surface area contributed by atoms with Crippen molar-refractivity contribution in [2.24, 2.45) is 0 Å². The van der Waals surface area contributed by atoms with Crippen LogP contribution in [0.25, 0.3) is 22.4 Å². The van der Waals surface area contributed by atoms with Crippen molar-refractivity contribution in [1.29, 1.82) is 5.26 Å². The molecule has 0 saturated heterocycles. The Balaban J connectivity index is 2.24. The number of nitrogens with zero attached hydrogens (tertiary/aromatic N) is 2. The van der Waals surface area contributed by atoms with Gasteiger partial charge in [0.2, 0.25) is 0 Å². The number of hydrogen-bond donors (Lipinski definition) is 1. The number of rotatable bonds is 1. The fourth-order valence-corrected chi connectivity index (χ4v) is 2.33. The topological polar surface area (TPSA) is 52.5 Å². The predicted octanol–water partition coefficient (Wildman–Crippen LogP) is 3.72. The maximum Gasteiger partial charge on any atom is 0.138 e. The summed E-state index contributed by atoms with van der Waals surface area (Å²) < 4.78 is 0. The van der Waals surface area contributed by atoms with Crippen LogP contribution in [-0.4, -0.2) is 9.97 Å². The van der Waals surface area contributed by atoms with Gasteiger partial charge in [-0.2, -0.15) is 5.26 Å². The Kier molecular flexibility index (Phi) is 2.57. The largest absolute Gasteiger partial charge is 0.338 e. The second-order valence-corrected chi connectivity index (χ2v) is 4.72. The molecule has 3 heteroatoms. The standard InChI is InChI=1S/C16H13N3/c1-10-6-7-13(11(2)8-10)16-18-14-5-3-4-12(9-17)15(14)19-16/h3-8H,1-2H3,(H,18,19). The van der Waals surface area contributed by atoms with Crippen molar-refractivity contribution in [2.75, 3.05) is 0 Å². The summed E-state index contributed by atoms with van der Waals surface area (Å²) in [6.45, 7) is 4.14. The van der Waals surface area contributed by atoms with Crippen molar-refractivity contribution in [3.63, 3.8) is 0 Å². The van der Waals surface area contributed by atoms with E-state index in [4.69, 9.17) is 5.26 Å². The lowest BCUT2D eigenvalue weighted by atomic mass is 10.1. The zero-order valence-electron chi connectivity index (χ0n) is 10.9. The average Bonchev–Trinajstić information content (AvgIpc) is 2.81. The molecule has 92 valence electrons. The lowest BCUT2D eigenvalue weighted by Gasteiger charge is -2.03. The molecule has 0 atom stereocenters. The molecule has 0 saturated carbocycles. The molecular formula is C16H13N3. The molecule has 0 aliphatic carbocycles. The van der Waals surface area contributed by atoms with Crippen molar-refractivity contribution in [3.05, 3.63) is 53.1 Å². The first kappa shape index (κ1) is 11.5. The molecule has 0 radical (unpaired) electrons. The number of para-hydroxylation sites is 1. The van der Waals surface area contributed by atoms with Crippen molar-refractivity contribution in [1.82, 2.24) is 9.97 Å². The first-order valence-electron chi connectivity index (χ1n) is 6.15. The summed E-state index contributed by atoms with van der Waals surface area (Å²) in [5, 5.41) is 9.10. The van der Waals surface area contributed by atoms with Gasteiger partial charge in [-0.25, -0.2) is 4.98 Å². The van der Waals surface area contributed by atoms with Crippen LogP contribution in [0.3, 0.4) is 0 Å². The summed E-state index contributed by atoms with van der Waals surface area (Å²) in [7, 11) is 0. The summed E-state index contributed by atoms with van der Waals surface area (Å²) in [5.74, 6) is 0.815. The summed E-state index contributed by atoms with van der Waals surface area (Å²) in [5.41, 5.74) is 5.72. The Hall–Kier alpha value is -2.60. The van der Waals surface area contributed by atoms with Gasteiger partial charge in [-0.3, -0.25) is 0 Å². The molecule has 1 heterocycles. The fraction of sp³-hybridized carbons (Fsp3) is 0.125. The van der Waals surface area contributed by atoms with Crippen LogP contribution < -0.4 is 0 Å². The third kappa shape index (κ3) is 1.88. The van der Waals surface area contributed by atoms with Gasteiger partial charge in [0.15, 0.2) is 0 Å². The van der Waals surface area contributed by atoms with Gasteiger partial charge in [-0.1, -0.05) is 29.8 Å². The van der Waals surface area contributed by atoms with Crippen molar-refractivity contribution >= 4 is 11.0 Å². The van der Waals surface area contributed by atoms with Gasteiger partial charge in [0.05, 0.1) is 11.1 Å². The number of aryl methyl sites for hydroxylation is 2. The smallest absolute Gasteiger partial charge is 0.138 e. The summed E-state index contributed by atoms with van der Waals surface area (Å²) in [4.78, 5) is 7.85. The third-order valence-electron chi connectivity index (χ3n) is 3.27. The number of aromatic amines is 1. The van der Waals surface area contributed by atoms with Gasteiger partial charge in [0.1, 0.15) is 17.4 Å². The van der Waals surface area contributed by atoms with E-state index in [2.05, 4.69) is 48.1 Å². The number of fused-ring (bicyclic) bond motifs is 1. The molecule has 0 amide bonds. The zero-order chi connectivity index (χ0) is 13.4. The molecule has 0 bridgehead atoms. The van der Waals surface area contributed by atoms with Crippen molar-refractivity contribution in [3.8, 4) is 17.5 Å². The molecule has 3 aromatic rings. The van der Waals surface area contributed by atoms with Crippen LogP contribution in [0, 0.1) is 25.2 Å². The number of aromatic nitrogens is 2. The minimum absolute atomic E-state index is 0.602. The number of benzene rings is 2. The average molecular weight is 247 g/mol. The quantitative estimate of drug-likeness (QED) is 0.712. The van der Waals surface area contributed by atoms with Gasteiger partial charge >= 0.3 is 0 Å². The second-order valence-electron chi connectivity index (χ2n) is 4.72. The number of imidazole rings is 1. The highest BCUT2D eigenvalue weighted by Crippen LogP contribution is 2.25. The number of nitriles is 1. The normalized spacial score (nSPS) is 10.6. The number of hydrogen-bond acceptors (Lipinski definition) is 2. The SMILES string of the molecule is Cc1ccc(-c2nc3c(C#N)cccc3[nH]2)c(C)c1.